The predicted octanol–water partition coefficient (Wildman–Crippen LogP) is 5.39. The molecule has 17 heavy (non-hydrogen) atoms. The van der Waals surface area contributed by atoms with E-state index in [1.807, 2.05) is 0 Å². The van der Waals surface area contributed by atoms with Crippen molar-refractivity contribution in [1.29, 1.82) is 0 Å². The molecule has 1 rings (SSSR count). The van der Waals surface area contributed by atoms with Crippen molar-refractivity contribution in [2.45, 2.75) is 91.5 Å². The molecule has 0 saturated heterocycles. The van der Waals surface area contributed by atoms with Crippen molar-refractivity contribution in [3.05, 3.63) is 0 Å². The van der Waals surface area contributed by atoms with Crippen molar-refractivity contribution >= 4 is 5.71 Å². The van der Waals surface area contributed by atoms with Gasteiger partial charge in [-0.2, -0.15) is 0 Å². The van der Waals surface area contributed by atoms with Crippen LogP contribution < -0.4 is 0 Å². The van der Waals surface area contributed by atoms with Crippen molar-refractivity contribution < 1.29 is 0 Å². The molecule has 0 spiro atoms. The summed E-state index contributed by atoms with van der Waals surface area (Å²) in [7, 11) is 0. The highest BCUT2D eigenvalue weighted by atomic mass is 14.9. The summed E-state index contributed by atoms with van der Waals surface area (Å²) in [6.45, 7) is 11.5. The van der Waals surface area contributed by atoms with E-state index >= 15 is 0 Å². The molecular weight excluding hydrogens is 206 g/mol. The Kier molecular flexibility index (Phi) is 5.22. The molecule has 0 N–H and O–H groups in total. The van der Waals surface area contributed by atoms with E-state index in [0.717, 1.165) is 0 Å². The van der Waals surface area contributed by atoms with Gasteiger partial charge in [0.05, 0.1) is 5.54 Å². The SMILES string of the molecule is CCCCC1(CCCC)CCC(C(C)(C)C)=N1. The molecule has 0 aromatic rings. The monoisotopic (exact) mass is 237 g/mol. The van der Waals surface area contributed by atoms with Crippen molar-refractivity contribution in [2.24, 2.45) is 10.4 Å². The summed E-state index contributed by atoms with van der Waals surface area (Å²) in [6.07, 6.45) is 10.4. The van der Waals surface area contributed by atoms with E-state index in [-0.39, 0.29) is 5.41 Å². The lowest BCUT2D eigenvalue weighted by molar-refractivity contribution is 0.346. The summed E-state index contributed by atoms with van der Waals surface area (Å²) < 4.78 is 0. The zero-order chi connectivity index (χ0) is 12.9. The Balaban J connectivity index is 2.75. The van der Waals surface area contributed by atoms with Crippen molar-refractivity contribution in [3.8, 4) is 0 Å². The molecule has 0 saturated carbocycles. The normalized spacial score (nSPS) is 19.5. The first-order valence-electron chi connectivity index (χ1n) is 7.53. The molecule has 0 unspecified atom stereocenters. The third-order valence-corrected chi connectivity index (χ3v) is 4.06. The molecule has 1 aliphatic rings. The third-order valence-electron chi connectivity index (χ3n) is 4.06. The quantitative estimate of drug-likeness (QED) is 0.587. The van der Waals surface area contributed by atoms with Crippen LogP contribution in [0.4, 0.5) is 0 Å². The average molecular weight is 237 g/mol. The zero-order valence-corrected chi connectivity index (χ0v) is 12.6. The van der Waals surface area contributed by atoms with Crippen molar-refractivity contribution in [2.75, 3.05) is 0 Å². The molecule has 1 aliphatic heterocycles. The minimum Gasteiger partial charge on any atom is -0.287 e. The summed E-state index contributed by atoms with van der Waals surface area (Å²) >= 11 is 0. The highest BCUT2D eigenvalue weighted by molar-refractivity contribution is 5.91. The first kappa shape index (κ1) is 14.7. The highest BCUT2D eigenvalue weighted by Crippen LogP contribution is 2.39. The van der Waals surface area contributed by atoms with Crippen molar-refractivity contribution in [3.63, 3.8) is 0 Å². The molecule has 0 fully saturated rings. The summed E-state index contributed by atoms with van der Waals surface area (Å²) in [5.74, 6) is 0. The van der Waals surface area contributed by atoms with Gasteiger partial charge < -0.3 is 0 Å². The van der Waals surface area contributed by atoms with Gasteiger partial charge in [-0.05, 0) is 31.1 Å². The van der Waals surface area contributed by atoms with Gasteiger partial charge in [-0.15, -0.1) is 0 Å². The molecule has 1 heterocycles. The number of unbranched alkanes of at least 4 members (excludes halogenated alkanes) is 2. The molecule has 1 heteroatoms. The first-order valence-corrected chi connectivity index (χ1v) is 7.53. The van der Waals surface area contributed by atoms with E-state index in [4.69, 9.17) is 4.99 Å². The molecule has 0 amide bonds. The number of hydrogen-bond acceptors (Lipinski definition) is 1. The van der Waals surface area contributed by atoms with Crippen LogP contribution in [0.15, 0.2) is 4.99 Å². The Morgan fingerprint density at radius 1 is 1.06 bits per heavy atom. The van der Waals surface area contributed by atoms with Gasteiger partial charge in [0, 0.05) is 5.71 Å². The maximum Gasteiger partial charge on any atom is 0.0611 e. The van der Waals surface area contributed by atoms with Gasteiger partial charge in [0.25, 0.3) is 0 Å². The molecule has 0 aliphatic carbocycles. The maximum absolute atomic E-state index is 5.18. The summed E-state index contributed by atoms with van der Waals surface area (Å²) in [5, 5.41) is 0. The summed E-state index contributed by atoms with van der Waals surface area (Å²) in [6, 6.07) is 0. The van der Waals surface area contributed by atoms with Gasteiger partial charge >= 0.3 is 0 Å². The van der Waals surface area contributed by atoms with Gasteiger partial charge in [-0.3, -0.25) is 4.99 Å². The van der Waals surface area contributed by atoms with E-state index in [1.54, 1.807) is 0 Å². The standard InChI is InChI=1S/C16H31N/c1-6-8-11-16(12-9-7-2)13-10-14(17-16)15(3,4)5/h6-13H2,1-5H3. The minimum atomic E-state index is 0.278. The van der Waals surface area contributed by atoms with E-state index in [0.29, 0.717) is 5.54 Å². The second-order valence-corrected chi connectivity index (χ2v) is 6.74. The van der Waals surface area contributed by atoms with E-state index in [1.165, 1.54) is 57.1 Å². The van der Waals surface area contributed by atoms with Crippen LogP contribution in [0, 0.1) is 5.41 Å². The lowest BCUT2D eigenvalue weighted by Gasteiger charge is -2.26. The predicted molar refractivity (Wildman–Crippen MR) is 77.9 cm³/mol. The van der Waals surface area contributed by atoms with Gasteiger partial charge in [-0.1, -0.05) is 60.3 Å². The maximum atomic E-state index is 5.18. The second-order valence-electron chi connectivity index (χ2n) is 6.74. The Labute approximate surface area is 108 Å². The Morgan fingerprint density at radius 3 is 1.94 bits per heavy atom. The molecule has 0 aromatic carbocycles. The number of aliphatic imine (C=N–C) groups is 1. The summed E-state index contributed by atoms with van der Waals surface area (Å²) in [4.78, 5) is 5.18. The van der Waals surface area contributed by atoms with E-state index in [9.17, 15) is 0 Å². The Hall–Kier alpha value is -0.330. The van der Waals surface area contributed by atoms with Gasteiger partial charge in [0.2, 0.25) is 0 Å². The molecule has 0 atom stereocenters. The zero-order valence-electron chi connectivity index (χ0n) is 12.6. The fourth-order valence-corrected chi connectivity index (χ4v) is 2.79. The largest absolute Gasteiger partial charge is 0.287 e. The lowest BCUT2D eigenvalue weighted by atomic mass is 9.84. The van der Waals surface area contributed by atoms with Crippen LogP contribution in [0.25, 0.3) is 0 Å². The van der Waals surface area contributed by atoms with E-state index in [2.05, 4.69) is 34.6 Å². The van der Waals surface area contributed by atoms with Gasteiger partial charge in [0.15, 0.2) is 0 Å². The van der Waals surface area contributed by atoms with Crippen LogP contribution in [-0.2, 0) is 0 Å². The van der Waals surface area contributed by atoms with Crippen LogP contribution in [0.2, 0.25) is 0 Å². The second kappa shape index (κ2) is 6.02. The number of nitrogens with zero attached hydrogens (tertiary/aromatic N) is 1. The lowest BCUT2D eigenvalue weighted by Crippen LogP contribution is -2.24. The molecule has 0 radical (unpaired) electrons. The number of rotatable bonds is 6. The third kappa shape index (κ3) is 4.12. The smallest absolute Gasteiger partial charge is 0.0611 e. The first-order chi connectivity index (χ1) is 7.93. The Bertz CT molecular complexity index is 249. The molecule has 0 bridgehead atoms. The van der Waals surface area contributed by atoms with E-state index < -0.39 is 0 Å². The molecular formula is C16H31N. The fourth-order valence-electron chi connectivity index (χ4n) is 2.79. The van der Waals surface area contributed by atoms with Crippen LogP contribution in [-0.4, -0.2) is 11.3 Å². The highest BCUT2D eigenvalue weighted by Gasteiger charge is 2.36. The van der Waals surface area contributed by atoms with Crippen LogP contribution in [0.3, 0.4) is 0 Å². The average Bonchev–Trinajstić information content (AvgIpc) is 2.68. The van der Waals surface area contributed by atoms with Crippen LogP contribution in [0.5, 0.6) is 0 Å². The fraction of sp³-hybridized carbons (Fsp3) is 0.938. The van der Waals surface area contributed by atoms with Gasteiger partial charge in [0.1, 0.15) is 0 Å². The van der Waals surface area contributed by atoms with Crippen LogP contribution >= 0.6 is 0 Å². The molecule has 0 aromatic heterocycles. The van der Waals surface area contributed by atoms with Crippen molar-refractivity contribution in [1.82, 2.24) is 0 Å². The Morgan fingerprint density at radius 2 is 1.59 bits per heavy atom. The topological polar surface area (TPSA) is 12.4 Å². The number of hydrogen-bond donors (Lipinski definition) is 0. The van der Waals surface area contributed by atoms with Gasteiger partial charge in [-0.25, -0.2) is 0 Å². The summed E-state index contributed by atoms with van der Waals surface area (Å²) in [5.41, 5.74) is 2.05. The molecule has 100 valence electrons. The minimum absolute atomic E-state index is 0.278. The molecule has 1 nitrogen and oxygen atoms in total. The van der Waals surface area contributed by atoms with Crippen LogP contribution in [0.1, 0.15) is 86.0 Å².